The molecule has 5 nitrogen and oxygen atoms in total. The molecule has 1 aliphatic rings. The Kier molecular flexibility index (Phi) is 5.79. The van der Waals surface area contributed by atoms with E-state index in [0.29, 0.717) is 0 Å². The number of fused-ring (bicyclic) bond motifs is 1. The number of ether oxygens (including phenoxy) is 1. The number of amides is 2. The van der Waals surface area contributed by atoms with Gasteiger partial charge in [0.25, 0.3) is 0 Å². The number of hydrogen-bond acceptors (Lipinski definition) is 3. The fourth-order valence-electron chi connectivity index (χ4n) is 3.49. The van der Waals surface area contributed by atoms with Crippen molar-refractivity contribution in [1.82, 2.24) is 5.32 Å². The van der Waals surface area contributed by atoms with Crippen LogP contribution >= 0.6 is 15.9 Å². The van der Waals surface area contributed by atoms with Gasteiger partial charge in [0.05, 0.1) is 4.83 Å². The van der Waals surface area contributed by atoms with E-state index < -0.39 is 17.7 Å². The molecular weight excluding hydrogens is 420 g/mol. The molecule has 0 saturated heterocycles. The summed E-state index contributed by atoms with van der Waals surface area (Å²) in [5.41, 5.74) is 2.14. The molecule has 0 bridgehead atoms. The minimum atomic E-state index is -0.779. The summed E-state index contributed by atoms with van der Waals surface area (Å²) in [4.78, 5) is 27.3. The first-order valence-corrected chi connectivity index (χ1v) is 10.2. The van der Waals surface area contributed by atoms with Crippen LogP contribution in [0.15, 0.2) is 54.6 Å². The minimum absolute atomic E-state index is 0.167. The van der Waals surface area contributed by atoms with Crippen molar-refractivity contribution in [3.05, 3.63) is 65.7 Å². The lowest BCUT2D eigenvalue weighted by Crippen LogP contribution is -2.51. The summed E-state index contributed by atoms with van der Waals surface area (Å²) in [5.74, 6) is -0.485. The Morgan fingerprint density at radius 2 is 1.68 bits per heavy atom. The quantitative estimate of drug-likeness (QED) is 0.678. The minimum Gasteiger partial charge on any atom is -0.444 e. The highest BCUT2D eigenvalue weighted by atomic mass is 79.9. The summed E-state index contributed by atoms with van der Waals surface area (Å²) in [7, 11) is 1.73. The van der Waals surface area contributed by atoms with Gasteiger partial charge in [-0.3, -0.25) is 4.79 Å². The van der Waals surface area contributed by atoms with Crippen LogP contribution in [0, 0.1) is 0 Å². The van der Waals surface area contributed by atoms with Crippen LogP contribution in [0.25, 0.3) is 0 Å². The maximum Gasteiger partial charge on any atom is 0.408 e. The largest absolute Gasteiger partial charge is 0.444 e. The lowest BCUT2D eigenvalue weighted by Gasteiger charge is -2.30. The topological polar surface area (TPSA) is 58.6 Å². The molecule has 0 aliphatic carbocycles. The summed E-state index contributed by atoms with van der Waals surface area (Å²) in [6.07, 6.45) is -0.606. The zero-order valence-electron chi connectivity index (χ0n) is 16.5. The number of nitrogens with one attached hydrogen (secondary N) is 1. The average molecular weight is 445 g/mol. The SMILES string of the molecule is CN1C(=O)C(NC(=O)OC(C)(C)C)C(c2ccccc2)C(Br)c2ccccc21. The zero-order chi connectivity index (χ0) is 20.5. The van der Waals surface area contributed by atoms with Crippen LogP contribution in [-0.2, 0) is 9.53 Å². The number of para-hydroxylation sites is 1. The summed E-state index contributed by atoms with van der Waals surface area (Å²) in [6, 6.07) is 16.8. The number of alkyl carbamates (subject to hydrolysis) is 1. The van der Waals surface area contributed by atoms with Crippen LogP contribution in [0.2, 0.25) is 0 Å². The molecule has 3 unspecified atom stereocenters. The summed E-state index contributed by atoms with van der Waals surface area (Å²) in [6.45, 7) is 5.39. The number of likely N-dealkylation sites (N-methyl/N-ethyl adjacent to an activating group) is 1. The Morgan fingerprint density at radius 1 is 1.07 bits per heavy atom. The van der Waals surface area contributed by atoms with Crippen LogP contribution < -0.4 is 10.2 Å². The van der Waals surface area contributed by atoms with E-state index in [-0.39, 0.29) is 16.7 Å². The van der Waals surface area contributed by atoms with Crippen molar-refractivity contribution >= 4 is 33.6 Å². The normalized spacial score (nSPS) is 22.2. The molecule has 2 aromatic carbocycles. The molecule has 3 rings (SSSR count). The number of anilines is 1. The van der Waals surface area contributed by atoms with E-state index in [9.17, 15) is 9.59 Å². The van der Waals surface area contributed by atoms with Gasteiger partial charge in [0.15, 0.2) is 0 Å². The third kappa shape index (κ3) is 4.22. The fourth-order valence-corrected chi connectivity index (χ4v) is 4.49. The molecule has 0 aromatic heterocycles. The van der Waals surface area contributed by atoms with Crippen LogP contribution in [0.4, 0.5) is 10.5 Å². The molecule has 6 heteroatoms. The van der Waals surface area contributed by atoms with Crippen molar-refractivity contribution in [3.63, 3.8) is 0 Å². The number of halogens is 1. The van der Waals surface area contributed by atoms with Gasteiger partial charge in [-0.05, 0) is 38.0 Å². The van der Waals surface area contributed by atoms with Crippen LogP contribution in [0.5, 0.6) is 0 Å². The molecule has 1 aliphatic heterocycles. The second-order valence-corrected chi connectivity index (χ2v) is 8.90. The Bertz CT molecular complexity index is 864. The number of hydrogen-bond donors (Lipinski definition) is 1. The van der Waals surface area contributed by atoms with Crippen molar-refractivity contribution in [3.8, 4) is 0 Å². The van der Waals surface area contributed by atoms with Gasteiger partial charge in [-0.1, -0.05) is 64.5 Å². The predicted molar refractivity (Wildman–Crippen MR) is 114 cm³/mol. The molecule has 2 amide bonds. The van der Waals surface area contributed by atoms with E-state index in [1.165, 1.54) is 0 Å². The fraction of sp³-hybridized carbons (Fsp3) is 0.364. The first-order chi connectivity index (χ1) is 13.2. The van der Waals surface area contributed by atoms with E-state index in [0.717, 1.165) is 16.8 Å². The molecule has 0 saturated carbocycles. The van der Waals surface area contributed by atoms with Gasteiger partial charge in [-0.2, -0.15) is 0 Å². The molecule has 148 valence electrons. The first kappa shape index (κ1) is 20.4. The van der Waals surface area contributed by atoms with Gasteiger partial charge in [0.1, 0.15) is 11.6 Å². The molecule has 2 aromatic rings. The Morgan fingerprint density at radius 3 is 2.32 bits per heavy atom. The highest BCUT2D eigenvalue weighted by molar-refractivity contribution is 9.09. The predicted octanol–water partition coefficient (Wildman–Crippen LogP) is 4.78. The van der Waals surface area contributed by atoms with Crippen molar-refractivity contribution < 1.29 is 14.3 Å². The maximum absolute atomic E-state index is 13.4. The third-order valence-corrected chi connectivity index (χ3v) is 5.79. The summed E-state index contributed by atoms with van der Waals surface area (Å²) in [5, 5.41) is 2.83. The lowest BCUT2D eigenvalue weighted by molar-refractivity contribution is -0.120. The summed E-state index contributed by atoms with van der Waals surface area (Å²) >= 11 is 3.82. The number of carbonyl (C=O) groups is 2. The van der Waals surface area contributed by atoms with Crippen LogP contribution in [0.3, 0.4) is 0 Å². The highest BCUT2D eigenvalue weighted by Gasteiger charge is 2.42. The van der Waals surface area contributed by atoms with Gasteiger partial charge < -0.3 is 15.0 Å². The molecule has 1 N–H and O–H groups in total. The van der Waals surface area contributed by atoms with Crippen molar-refractivity contribution in [2.75, 3.05) is 11.9 Å². The van der Waals surface area contributed by atoms with Crippen molar-refractivity contribution in [2.24, 2.45) is 0 Å². The Labute approximate surface area is 174 Å². The van der Waals surface area contributed by atoms with Crippen LogP contribution in [-0.4, -0.2) is 30.7 Å². The van der Waals surface area contributed by atoms with E-state index in [2.05, 4.69) is 21.2 Å². The number of rotatable bonds is 2. The Hall–Kier alpha value is -2.34. The molecular formula is C22H25BrN2O3. The van der Waals surface area contributed by atoms with E-state index in [1.807, 2.05) is 54.6 Å². The standard InChI is InChI=1S/C22H25BrN2O3/c1-22(2,3)28-21(27)24-19-17(14-10-6-5-7-11-14)18(23)15-12-8-9-13-16(15)25(4)20(19)26/h5-13,17-19H,1-4H3,(H,24,27). The smallest absolute Gasteiger partial charge is 0.408 e. The van der Waals surface area contributed by atoms with Crippen molar-refractivity contribution in [2.45, 2.75) is 43.2 Å². The van der Waals surface area contributed by atoms with Gasteiger partial charge in [-0.15, -0.1) is 0 Å². The number of nitrogens with zero attached hydrogens (tertiary/aromatic N) is 1. The average Bonchev–Trinajstić information content (AvgIpc) is 2.72. The number of carbonyl (C=O) groups excluding carboxylic acids is 2. The lowest BCUT2D eigenvalue weighted by atomic mass is 9.86. The molecule has 0 spiro atoms. The third-order valence-electron chi connectivity index (χ3n) is 4.72. The van der Waals surface area contributed by atoms with Crippen LogP contribution in [0.1, 0.15) is 42.6 Å². The first-order valence-electron chi connectivity index (χ1n) is 9.24. The highest BCUT2D eigenvalue weighted by Crippen LogP contribution is 2.46. The zero-order valence-corrected chi connectivity index (χ0v) is 18.1. The second kappa shape index (κ2) is 7.95. The van der Waals surface area contributed by atoms with Gasteiger partial charge >= 0.3 is 6.09 Å². The van der Waals surface area contributed by atoms with Gasteiger partial charge in [0, 0.05) is 18.7 Å². The summed E-state index contributed by atoms with van der Waals surface area (Å²) < 4.78 is 5.43. The molecule has 28 heavy (non-hydrogen) atoms. The van der Waals surface area contributed by atoms with Gasteiger partial charge in [-0.25, -0.2) is 4.79 Å². The van der Waals surface area contributed by atoms with E-state index in [4.69, 9.17) is 4.74 Å². The molecule has 1 heterocycles. The maximum atomic E-state index is 13.4. The Balaban J connectivity index is 2.07. The van der Waals surface area contributed by atoms with E-state index >= 15 is 0 Å². The molecule has 0 radical (unpaired) electrons. The molecule has 3 atom stereocenters. The second-order valence-electron chi connectivity index (χ2n) is 7.92. The number of alkyl halides is 1. The number of benzene rings is 2. The van der Waals surface area contributed by atoms with Crippen molar-refractivity contribution in [1.29, 1.82) is 0 Å². The van der Waals surface area contributed by atoms with Gasteiger partial charge in [0.2, 0.25) is 5.91 Å². The molecule has 0 fully saturated rings. The van der Waals surface area contributed by atoms with E-state index in [1.54, 1.807) is 32.7 Å². The monoisotopic (exact) mass is 444 g/mol.